The molecule has 0 N–H and O–H groups in total. The highest BCUT2D eigenvalue weighted by Crippen LogP contribution is 2.58. The highest BCUT2D eigenvalue weighted by atomic mass is 14.7. The molecule has 13 aromatic rings. The van der Waals surface area contributed by atoms with Gasteiger partial charge in [-0.25, -0.2) is 0 Å². The van der Waals surface area contributed by atoms with E-state index in [-0.39, 0.29) is 0 Å². The largest absolute Gasteiger partial charge is 0.256 e. The van der Waals surface area contributed by atoms with Crippen molar-refractivity contribution in [2.75, 3.05) is 0 Å². The van der Waals surface area contributed by atoms with Crippen molar-refractivity contribution in [2.24, 2.45) is 0 Å². The van der Waals surface area contributed by atoms with Crippen molar-refractivity contribution in [3.63, 3.8) is 0 Å². The third kappa shape index (κ3) is 4.85. The van der Waals surface area contributed by atoms with Crippen LogP contribution in [-0.4, -0.2) is 9.97 Å². The van der Waals surface area contributed by atoms with Crippen LogP contribution >= 0.6 is 0 Å². The molecule has 0 amide bonds. The molecule has 2 aliphatic carbocycles. The fourth-order valence-corrected chi connectivity index (χ4v) is 11.9. The Hall–Kier alpha value is -8.72. The molecule has 0 saturated carbocycles. The molecule has 15 rings (SSSR count). The highest BCUT2D eigenvalue weighted by molar-refractivity contribution is 6.29. The molecule has 0 bridgehead atoms. The van der Waals surface area contributed by atoms with Gasteiger partial charge in [0.2, 0.25) is 0 Å². The minimum Gasteiger partial charge on any atom is -0.256 e. The van der Waals surface area contributed by atoms with Crippen molar-refractivity contribution in [1.29, 1.82) is 0 Å². The number of hydrogen-bond donors (Lipinski definition) is 0. The molecule has 2 heteroatoms. The molecular formula is C64H36N2. The van der Waals surface area contributed by atoms with Gasteiger partial charge in [0.1, 0.15) is 0 Å². The third-order valence-corrected chi connectivity index (χ3v) is 14.6. The Labute approximate surface area is 380 Å². The first-order chi connectivity index (χ1) is 32.8. The molecule has 0 radical (unpaired) electrons. The summed E-state index contributed by atoms with van der Waals surface area (Å²) in [4.78, 5) is 10.4. The van der Waals surface area contributed by atoms with Crippen molar-refractivity contribution < 1.29 is 0 Å². The van der Waals surface area contributed by atoms with Gasteiger partial charge in [-0.15, -0.1) is 0 Å². The predicted molar refractivity (Wildman–Crippen MR) is 278 cm³/mol. The number of benzene rings is 11. The van der Waals surface area contributed by atoms with Crippen LogP contribution in [0.25, 0.3) is 154 Å². The maximum atomic E-state index is 5.19. The van der Waals surface area contributed by atoms with Gasteiger partial charge in [0.25, 0.3) is 0 Å². The summed E-state index contributed by atoms with van der Waals surface area (Å²) in [5.41, 5.74) is 21.9. The van der Waals surface area contributed by atoms with Gasteiger partial charge in [-0.3, -0.25) is 9.97 Å². The molecule has 0 saturated heterocycles. The van der Waals surface area contributed by atoms with Crippen LogP contribution in [0.5, 0.6) is 0 Å². The van der Waals surface area contributed by atoms with Gasteiger partial charge in [0.15, 0.2) is 0 Å². The SMILES string of the molecule is c1ccc(-c2c3c(c(-c4ccccc4)c4cc(-c5cc6c(cc(-c7ccc8c(c7)-c7cccc9cccc-8c79)c7cccnc76)c6ncccc56)ccc24)-c2cccc4cccc-3c24)cc1. The molecule has 0 spiro atoms. The van der Waals surface area contributed by atoms with Gasteiger partial charge in [0.05, 0.1) is 11.0 Å². The summed E-state index contributed by atoms with van der Waals surface area (Å²) >= 11 is 0. The number of rotatable bonds is 4. The van der Waals surface area contributed by atoms with Crippen molar-refractivity contribution in [3.05, 3.63) is 219 Å². The van der Waals surface area contributed by atoms with Gasteiger partial charge >= 0.3 is 0 Å². The Morgan fingerprint density at radius 1 is 0.227 bits per heavy atom. The summed E-state index contributed by atoms with van der Waals surface area (Å²) in [5.74, 6) is 0. The quantitative estimate of drug-likeness (QED) is 0.165. The van der Waals surface area contributed by atoms with E-state index in [0.29, 0.717) is 0 Å². The lowest BCUT2D eigenvalue weighted by atomic mass is 9.81. The van der Waals surface area contributed by atoms with Gasteiger partial charge in [-0.05, 0) is 158 Å². The topological polar surface area (TPSA) is 25.8 Å². The zero-order chi connectivity index (χ0) is 43.0. The third-order valence-electron chi connectivity index (χ3n) is 14.6. The molecule has 2 heterocycles. The average Bonchev–Trinajstić information content (AvgIpc) is 3.89. The van der Waals surface area contributed by atoms with E-state index in [1.54, 1.807) is 0 Å². The minimum absolute atomic E-state index is 0.974. The molecule has 0 unspecified atom stereocenters. The van der Waals surface area contributed by atoms with Crippen molar-refractivity contribution in [1.82, 2.24) is 9.97 Å². The number of nitrogens with zero attached hydrogens (tertiary/aromatic N) is 2. The zero-order valence-electron chi connectivity index (χ0n) is 35.7. The molecule has 302 valence electrons. The Bertz CT molecular complexity index is 4250. The van der Waals surface area contributed by atoms with E-state index < -0.39 is 0 Å². The van der Waals surface area contributed by atoms with Gasteiger partial charge < -0.3 is 0 Å². The zero-order valence-corrected chi connectivity index (χ0v) is 35.7. The van der Waals surface area contributed by atoms with E-state index in [1.807, 2.05) is 12.4 Å². The maximum Gasteiger partial charge on any atom is 0.0787 e. The predicted octanol–water partition coefficient (Wildman–Crippen LogP) is 17.4. The summed E-state index contributed by atoms with van der Waals surface area (Å²) in [6, 6.07) is 76.4. The molecule has 66 heavy (non-hydrogen) atoms. The molecule has 0 aliphatic heterocycles. The molecule has 11 aromatic carbocycles. The van der Waals surface area contributed by atoms with E-state index in [1.165, 1.54) is 105 Å². The normalized spacial score (nSPS) is 12.2. The minimum atomic E-state index is 0.974. The van der Waals surface area contributed by atoms with Crippen LogP contribution in [0.3, 0.4) is 0 Å². The van der Waals surface area contributed by atoms with E-state index in [9.17, 15) is 0 Å². The number of aromatic nitrogens is 2. The second-order valence-electron chi connectivity index (χ2n) is 17.9. The number of hydrogen-bond acceptors (Lipinski definition) is 2. The Balaban J connectivity index is 1.00. The van der Waals surface area contributed by atoms with E-state index in [2.05, 4.69) is 206 Å². The summed E-state index contributed by atoms with van der Waals surface area (Å²) in [7, 11) is 0. The van der Waals surface area contributed by atoms with Crippen molar-refractivity contribution in [3.8, 4) is 89.0 Å². The first kappa shape index (κ1) is 35.7. The Kier molecular flexibility index (Phi) is 7.25. The maximum absolute atomic E-state index is 5.19. The molecule has 0 atom stereocenters. The number of pyridine rings is 2. The molecular weight excluding hydrogens is 797 g/mol. The van der Waals surface area contributed by atoms with Gasteiger partial charge in [-0.2, -0.15) is 0 Å². The van der Waals surface area contributed by atoms with Gasteiger partial charge in [0, 0.05) is 33.9 Å². The first-order valence-corrected chi connectivity index (χ1v) is 22.8. The summed E-state index contributed by atoms with van der Waals surface area (Å²) in [6.07, 6.45) is 3.86. The second-order valence-corrected chi connectivity index (χ2v) is 17.9. The highest BCUT2D eigenvalue weighted by Gasteiger charge is 2.31. The summed E-state index contributed by atoms with van der Waals surface area (Å²) in [6.45, 7) is 0. The van der Waals surface area contributed by atoms with Crippen LogP contribution in [0.15, 0.2) is 219 Å². The van der Waals surface area contributed by atoms with Crippen LogP contribution in [0.4, 0.5) is 0 Å². The summed E-state index contributed by atoms with van der Waals surface area (Å²) < 4.78 is 0. The van der Waals surface area contributed by atoms with Crippen LogP contribution < -0.4 is 0 Å². The summed E-state index contributed by atoms with van der Waals surface area (Å²) in [5, 5.41) is 12.1. The lowest BCUT2D eigenvalue weighted by molar-refractivity contribution is 1.41. The van der Waals surface area contributed by atoms with Crippen LogP contribution in [0.2, 0.25) is 0 Å². The fourth-order valence-electron chi connectivity index (χ4n) is 11.9. The van der Waals surface area contributed by atoms with Crippen molar-refractivity contribution in [2.45, 2.75) is 0 Å². The molecule has 2 aromatic heterocycles. The second kappa shape index (κ2) is 13.4. The fraction of sp³-hybridized carbons (Fsp3) is 0. The van der Waals surface area contributed by atoms with E-state index in [0.717, 1.165) is 49.3 Å². The standard InChI is InChI=1S/C64H36N2/c1-3-13-39(14-4-1)59-46-30-28-42(34-54(46)60(40-15-5-2-6-16-40)62-50-24-10-20-38-19-9-23-49(58(38)50)61(59)62)52-36-56-55(64-48(52)26-12-32-66-64)35-51(47-25-11-31-65-63(47)56)41-27-29-43-44-21-7-17-37-18-8-22-45(57(37)44)53(43)33-41/h1-36H. The van der Waals surface area contributed by atoms with Crippen LogP contribution in [0.1, 0.15) is 0 Å². The molecule has 2 aliphatic rings. The molecule has 2 nitrogen and oxygen atoms in total. The first-order valence-electron chi connectivity index (χ1n) is 22.8. The Morgan fingerprint density at radius 3 is 1.29 bits per heavy atom. The van der Waals surface area contributed by atoms with E-state index in [4.69, 9.17) is 9.97 Å². The van der Waals surface area contributed by atoms with E-state index >= 15 is 0 Å². The smallest absolute Gasteiger partial charge is 0.0787 e. The van der Waals surface area contributed by atoms with Crippen molar-refractivity contribution >= 4 is 64.9 Å². The lowest BCUT2D eigenvalue weighted by Crippen LogP contribution is -1.95. The number of fused-ring (bicyclic) bond motifs is 12. The Morgan fingerprint density at radius 2 is 0.712 bits per heavy atom. The van der Waals surface area contributed by atoms with Crippen LogP contribution in [-0.2, 0) is 0 Å². The monoisotopic (exact) mass is 832 g/mol. The lowest BCUT2D eigenvalue weighted by Gasteiger charge is -2.21. The molecule has 0 fully saturated rings. The average molecular weight is 833 g/mol. The van der Waals surface area contributed by atoms with Gasteiger partial charge in [-0.1, -0.05) is 170 Å². The van der Waals surface area contributed by atoms with Crippen LogP contribution in [0, 0.1) is 0 Å².